The number of rotatable bonds is 5. The molecule has 1 aliphatic carbocycles. The van der Waals surface area contributed by atoms with Gasteiger partial charge in [-0.2, -0.15) is 5.10 Å². The Labute approximate surface area is 134 Å². The molecule has 1 aromatic heterocycles. The van der Waals surface area contributed by atoms with Crippen LogP contribution in [0.3, 0.4) is 0 Å². The largest absolute Gasteiger partial charge is 0.323 e. The molecule has 1 saturated carbocycles. The van der Waals surface area contributed by atoms with Crippen molar-refractivity contribution in [2.24, 2.45) is 0 Å². The highest BCUT2D eigenvalue weighted by atomic mass is 32.2. The smallest absolute Gasteiger partial charge is 0.249 e. The highest BCUT2D eigenvalue weighted by Gasteiger charge is 2.20. The van der Waals surface area contributed by atoms with E-state index in [1.165, 1.54) is 32.0 Å². The fourth-order valence-corrected chi connectivity index (χ4v) is 3.96. The van der Waals surface area contributed by atoms with Crippen molar-refractivity contribution in [2.45, 2.75) is 48.8 Å². The molecule has 0 bridgehead atoms. The lowest BCUT2D eigenvalue weighted by molar-refractivity contribution is -0.119. The van der Waals surface area contributed by atoms with Crippen LogP contribution in [-0.2, 0) is 4.79 Å². The molecule has 3 rings (SSSR count). The second-order valence-corrected chi connectivity index (χ2v) is 6.90. The van der Waals surface area contributed by atoms with E-state index in [1.807, 2.05) is 36.9 Å². The molecule has 116 valence electrons. The number of benzene rings is 1. The molecule has 1 amide bonds. The number of aromatic nitrogens is 3. The van der Waals surface area contributed by atoms with Gasteiger partial charge in [-0.3, -0.25) is 4.79 Å². The van der Waals surface area contributed by atoms with Gasteiger partial charge in [-0.25, -0.2) is 9.67 Å². The Balaban J connectivity index is 1.70. The Hall–Kier alpha value is -1.82. The van der Waals surface area contributed by atoms with Gasteiger partial charge in [0.15, 0.2) is 0 Å². The Bertz CT molecular complexity index is 623. The molecule has 2 aromatic rings. The summed E-state index contributed by atoms with van der Waals surface area (Å²) in [5, 5.41) is 7.72. The first-order valence-electron chi connectivity index (χ1n) is 7.64. The number of anilines is 1. The van der Waals surface area contributed by atoms with Crippen LogP contribution in [0.15, 0.2) is 41.8 Å². The lowest BCUT2D eigenvalue weighted by atomic mass is 10.2. The third kappa shape index (κ3) is 3.50. The number of para-hydroxylation sites is 1. The molecule has 0 spiro atoms. The Morgan fingerprint density at radius 2 is 2.14 bits per heavy atom. The summed E-state index contributed by atoms with van der Waals surface area (Å²) < 4.78 is 1.56. The zero-order chi connectivity index (χ0) is 15.4. The number of carbonyl (C=O) groups is 1. The van der Waals surface area contributed by atoms with E-state index in [2.05, 4.69) is 21.5 Å². The van der Waals surface area contributed by atoms with Crippen molar-refractivity contribution in [3.8, 4) is 0 Å². The predicted octanol–water partition coefficient (Wildman–Crippen LogP) is 3.51. The summed E-state index contributed by atoms with van der Waals surface area (Å²) in [6, 6.07) is 7.64. The standard InChI is InChI=1S/C16H20N4OS/c1-12(20-11-17-10-18-20)16(21)19-14-8-4-5-9-15(14)22-13-6-2-3-7-13/h4-5,8-13H,2-3,6-7H2,1H3,(H,19,21). The zero-order valence-corrected chi connectivity index (χ0v) is 13.4. The minimum absolute atomic E-state index is 0.0787. The summed E-state index contributed by atoms with van der Waals surface area (Å²) in [6.45, 7) is 1.82. The molecule has 22 heavy (non-hydrogen) atoms. The van der Waals surface area contributed by atoms with Crippen molar-refractivity contribution in [3.63, 3.8) is 0 Å². The van der Waals surface area contributed by atoms with Gasteiger partial charge in [0, 0.05) is 10.1 Å². The molecular formula is C16H20N4OS. The van der Waals surface area contributed by atoms with Crippen LogP contribution >= 0.6 is 11.8 Å². The van der Waals surface area contributed by atoms with Crippen LogP contribution in [0.25, 0.3) is 0 Å². The Morgan fingerprint density at radius 1 is 1.36 bits per heavy atom. The van der Waals surface area contributed by atoms with Crippen LogP contribution in [0.1, 0.15) is 38.6 Å². The van der Waals surface area contributed by atoms with Crippen molar-refractivity contribution in [3.05, 3.63) is 36.9 Å². The van der Waals surface area contributed by atoms with E-state index in [0.29, 0.717) is 5.25 Å². The zero-order valence-electron chi connectivity index (χ0n) is 12.6. The number of amides is 1. The van der Waals surface area contributed by atoms with Gasteiger partial charge in [0.1, 0.15) is 18.7 Å². The van der Waals surface area contributed by atoms with Gasteiger partial charge in [-0.1, -0.05) is 25.0 Å². The maximum atomic E-state index is 12.4. The normalized spacial score (nSPS) is 16.6. The molecular weight excluding hydrogens is 296 g/mol. The van der Waals surface area contributed by atoms with Crippen LogP contribution in [0.2, 0.25) is 0 Å². The summed E-state index contributed by atoms with van der Waals surface area (Å²) in [5.74, 6) is -0.0787. The van der Waals surface area contributed by atoms with Gasteiger partial charge < -0.3 is 5.32 Å². The van der Waals surface area contributed by atoms with Crippen LogP contribution in [-0.4, -0.2) is 25.9 Å². The van der Waals surface area contributed by atoms with E-state index < -0.39 is 0 Å². The number of hydrogen-bond acceptors (Lipinski definition) is 4. The SMILES string of the molecule is CC(C(=O)Nc1ccccc1SC1CCCC1)n1cncn1. The van der Waals surface area contributed by atoms with Crippen molar-refractivity contribution in [1.82, 2.24) is 14.8 Å². The van der Waals surface area contributed by atoms with Crippen LogP contribution in [0.5, 0.6) is 0 Å². The molecule has 0 aliphatic heterocycles. The monoisotopic (exact) mass is 316 g/mol. The van der Waals surface area contributed by atoms with Crippen LogP contribution < -0.4 is 5.32 Å². The number of hydrogen-bond donors (Lipinski definition) is 1. The minimum Gasteiger partial charge on any atom is -0.323 e. The molecule has 1 unspecified atom stereocenters. The molecule has 1 heterocycles. The maximum absolute atomic E-state index is 12.4. The first kappa shape index (κ1) is 15.1. The van der Waals surface area contributed by atoms with Gasteiger partial charge in [0.2, 0.25) is 5.91 Å². The van der Waals surface area contributed by atoms with E-state index in [0.717, 1.165) is 10.6 Å². The van der Waals surface area contributed by atoms with E-state index in [1.54, 1.807) is 11.0 Å². The summed E-state index contributed by atoms with van der Waals surface area (Å²) in [5.41, 5.74) is 0.886. The second kappa shape index (κ2) is 6.96. The molecule has 0 radical (unpaired) electrons. The third-order valence-electron chi connectivity index (χ3n) is 3.95. The molecule has 1 fully saturated rings. The maximum Gasteiger partial charge on any atom is 0.249 e. The Morgan fingerprint density at radius 3 is 2.86 bits per heavy atom. The molecule has 6 heteroatoms. The first-order valence-corrected chi connectivity index (χ1v) is 8.52. The van der Waals surface area contributed by atoms with Crippen molar-refractivity contribution < 1.29 is 4.79 Å². The average Bonchev–Trinajstić information content (AvgIpc) is 3.21. The summed E-state index contributed by atoms with van der Waals surface area (Å²) >= 11 is 1.88. The molecule has 1 atom stereocenters. The fraction of sp³-hybridized carbons (Fsp3) is 0.438. The molecule has 5 nitrogen and oxygen atoms in total. The number of nitrogens with zero attached hydrogens (tertiary/aromatic N) is 3. The highest BCUT2D eigenvalue weighted by molar-refractivity contribution is 8.00. The van der Waals surface area contributed by atoms with Crippen LogP contribution in [0.4, 0.5) is 5.69 Å². The third-order valence-corrected chi connectivity index (χ3v) is 5.37. The van der Waals surface area contributed by atoms with Crippen molar-refractivity contribution in [1.29, 1.82) is 0 Å². The fourth-order valence-electron chi connectivity index (χ4n) is 2.63. The lowest BCUT2D eigenvalue weighted by Crippen LogP contribution is -2.24. The quantitative estimate of drug-likeness (QED) is 0.917. The highest BCUT2D eigenvalue weighted by Crippen LogP contribution is 2.38. The summed E-state index contributed by atoms with van der Waals surface area (Å²) in [4.78, 5) is 17.4. The van der Waals surface area contributed by atoms with Gasteiger partial charge in [0.05, 0.1) is 5.69 Å². The number of carbonyl (C=O) groups excluding carboxylic acids is 1. The average molecular weight is 316 g/mol. The number of nitrogens with one attached hydrogen (secondary N) is 1. The minimum atomic E-state index is -0.382. The van der Waals surface area contributed by atoms with Crippen molar-refractivity contribution >= 4 is 23.4 Å². The molecule has 0 saturated heterocycles. The van der Waals surface area contributed by atoms with E-state index >= 15 is 0 Å². The van der Waals surface area contributed by atoms with Gasteiger partial charge in [0.25, 0.3) is 0 Å². The second-order valence-electron chi connectivity index (χ2n) is 5.56. The van der Waals surface area contributed by atoms with Gasteiger partial charge >= 0.3 is 0 Å². The van der Waals surface area contributed by atoms with E-state index in [9.17, 15) is 4.79 Å². The molecule has 1 N–H and O–H groups in total. The number of thioether (sulfide) groups is 1. The summed E-state index contributed by atoms with van der Waals surface area (Å²) in [7, 11) is 0. The van der Waals surface area contributed by atoms with Crippen LogP contribution in [0, 0.1) is 0 Å². The molecule has 1 aromatic carbocycles. The predicted molar refractivity (Wildman–Crippen MR) is 87.9 cm³/mol. The topological polar surface area (TPSA) is 59.8 Å². The first-order chi connectivity index (χ1) is 10.7. The lowest BCUT2D eigenvalue weighted by Gasteiger charge is -2.16. The Kier molecular flexibility index (Phi) is 4.77. The molecule has 1 aliphatic rings. The van der Waals surface area contributed by atoms with Gasteiger partial charge in [-0.05, 0) is 31.9 Å². The summed E-state index contributed by atoms with van der Waals surface area (Å²) in [6.07, 6.45) is 8.16. The van der Waals surface area contributed by atoms with Gasteiger partial charge in [-0.15, -0.1) is 11.8 Å². The van der Waals surface area contributed by atoms with Crippen molar-refractivity contribution in [2.75, 3.05) is 5.32 Å². The van der Waals surface area contributed by atoms with E-state index in [4.69, 9.17) is 0 Å². The van der Waals surface area contributed by atoms with E-state index in [-0.39, 0.29) is 11.9 Å².